The normalized spacial score (nSPS) is 11.1. The molecule has 0 spiro atoms. The van der Waals surface area contributed by atoms with E-state index in [1.807, 2.05) is 26.8 Å². The van der Waals surface area contributed by atoms with E-state index < -0.39 is 0 Å². The smallest absolute Gasteiger partial charge is 0.258 e. The molecule has 2 rings (SSSR count). The third kappa shape index (κ3) is 6.76. The first-order valence-electron chi connectivity index (χ1n) is 8.58. The molecule has 0 radical (unpaired) electrons. The maximum atomic E-state index is 12.1. The Morgan fingerprint density at radius 1 is 1.14 bits per heavy atom. The molecule has 2 N–H and O–H groups in total. The van der Waals surface area contributed by atoms with Gasteiger partial charge in [-0.3, -0.25) is 4.79 Å². The predicted molar refractivity (Wildman–Crippen MR) is 118 cm³/mol. The van der Waals surface area contributed by atoms with Gasteiger partial charge < -0.3 is 20.1 Å². The Morgan fingerprint density at radius 2 is 1.79 bits per heavy atom. The van der Waals surface area contributed by atoms with Gasteiger partial charge in [-0.1, -0.05) is 39.1 Å². The van der Waals surface area contributed by atoms with Crippen LogP contribution < -0.4 is 20.1 Å². The Kier molecular flexibility index (Phi) is 7.87. The maximum absolute atomic E-state index is 12.1. The summed E-state index contributed by atoms with van der Waals surface area (Å²) in [5, 5.41) is 7.21. The highest BCUT2D eigenvalue weighted by molar-refractivity contribution is 9.10. The number of ether oxygens (including phenoxy) is 2. The van der Waals surface area contributed by atoms with Gasteiger partial charge in [-0.05, 0) is 51.1 Å². The molecule has 0 unspecified atom stereocenters. The van der Waals surface area contributed by atoms with E-state index in [1.165, 1.54) is 0 Å². The topological polar surface area (TPSA) is 59.6 Å². The molecule has 0 fully saturated rings. The monoisotopic (exact) mass is 488 g/mol. The number of nitrogens with one attached hydrogen (secondary N) is 2. The Balaban J connectivity index is 2.21. The van der Waals surface area contributed by atoms with Crippen molar-refractivity contribution in [2.45, 2.75) is 32.9 Å². The van der Waals surface area contributed by atoms with Gasteiger partial charge in [-0.2, -0.15) is 0 Å². The summed E-state index contributed by atoms with van der Waals surface area (Å²) in [6.07, 6.45) is 0. The zero-order chi connectivity index (χ0) is 20.9. The number of halogens is 3. The van der Waals surface area contributed by atoms with Crippen LogP contribution in [0.3, 0.4) is 0 Å². The van der Waals surface area contributed by atoms with Gasteiger partial charge in [0.05, 0.1) is 7.11 Å². The SMILES string of the molecule is COc1ccc(Br)c(CNc2cc(Cl)cc(Cl)c2)c1OCC(=O)NC(C)(C)C. The first kappa shape index (κ1) is 22.7. The molecule has 0 bridgehead atoms. The molecule has 152 valence electrons. The second kappa shape index (κ2) is 9.72. The lowest BCUT2D eigenvalue weighted by Crippen LogP contribution is -2.43. The second-order valence-electron chi connectivity index (χ2n) is 7.16. The first-order valence-corrected chi connectivity index (χ1v) is 10.1. The highest BCUT2D eigenvalue weighted by Gasteiger charge is 2.18. The number of hydrogen-bond donors (Lipinski definition) is 2. The van der Waals surface area contributed by atoms with Gasteiger partial charge in [-0.25, -0.2) is 0 Å². The molecule has 1 amide bonds. The summed E-state index contributed by atoms with van der Waals surface area (Å²) in [5.74, 6) is 0.810. The van der Waals surface area contributed by atoms with E-state index in [1.54, 1.807) is 31.4 Å². The number of carbonyl (C=O) groups excluding carboxylic acids is 1. The average molecular weight is 490 g/mol. The molecule has 0 aliphatic carbocycles. The van der Waals surface area contributed by atoms with Crippen molar-refractivity contribution in [1.29, 1.82) is 0 Å². The Morgan fingerprint density at radius 3 is 2.36 bits per heavy atom. The summed E-state index contributed by atoms with van der Waals surface area (Å²) >= 11 is 15.7. The van der Waals surface area contributed by atoms with Crippen molar-refractivity contribution in [3.8, 4) is 11.5 Å². The summed E-state index contributed by atoms with van der Waals surface area (Å²) in [7, 11) is 1.55. The summed E-state index contributed by atoms with van der Waals surface area (Å²) in [6.45, 7) is 6.02. The minimum absolute atomic E-state index is 0.125. The van der Waals surface area contributed by atoms with Gasteiger partial charge in [-0.15, -0.1) is 0 Å². The molecule has 0 saturated heterocycles. The molecule has 0 aliphatic rings. The van der Waals surface area contributed by atoms with Crippen molar-refractivity contribution < 1.29 is 14.3 Å². The third-order valence-electron chi connectivity index (χ3n) is 3.58. The standard InChI is InChI=1S/C20H23BrCl2N2O3/c1-20(2,3)25-18(26)11-28-19-15(16(21)5-6-17(19)27-4)10-24-14-8-12(22)7-13(23)9-14/h5-9,24H,10-11H2,1-4H3,(H,25,26). The molecule has 0 atom stereocenters. The number of amides is 1. The van der Waals surface area contributed by atoms with Crippen LogP contribution in [-0.2, 0) is 11.3 Å². The van der Waals surface area contributed by atoms with E-state index in [2.05, 4.69) is 26.6 Å². The number of methoxy groups -OCH3 is 1. The Bertz CT molecular complexity index is 834. The van der Waals surface area contributed by atoms with Gasteiger partial charge in [0.25, 0.3) is 5.91 Å². The van der Waals surface area contributed by atoms with Crippen LogP contribution in [0.4, 0.5) is 5.69 Å². The van der Waals surface area contributed by atoms with E-state index >= 15 is 0 Å². The van der Waals surface area contributed by atoms with Crippen LogP contribution in [0.25, 0.3) is 0 Å². The van der Waals surface area contributed by atoms with E-state index in [0.717, 1.165) is 15.7 Å². The zero-order valence-electron chi connectivity index (χ0n) is 16.2. The van der Waals surface area contributed by atoms with Crippen molar-refractivity contribution in [2.24, 2.45) is 0 Å². The Labute approximate surface area is 183 Å². The van der Waals surface area contributed by atoms with Crippen molar-refractivity contribution in [3.63, 3.8) is 0 Å². The van der Waals surface area contributed by atoms with Gasteiger partial charge in [0, 0.05) is 37.9 Å². The fraction of sp³-hybridized carbons (Fsp3) is 0.350. The molecule has 0 aliphatic heterocycles. The summed E-state index contributed by atoms with van der Waals surface area (Å²) in [4.78, 5) is 12.1. The molecule has 0 aromatic heterocycles. The molecule has 5 nitrogen and oxygen atoms in total. The van der Waals surface area contributed by atoms with Crippen LogP contribution in [-0.4, -0.2) is 25.2 Å². The number of hydrogen-bond acceptors (Lipinski definition) is 4. The van der Waals surface area contributed by atoms with Crippen LogP contribution in [0.1, 0.15) is 26.3 Å². The molecular formula is C20H23BrCl2N2O3. The van der Waals surface area contributed by atoms with Crippen molar-refractivity contribution in [2.75, 3.05) is 19.0 Å². The van der Waals surface area contributed by atoms with Crippen LogP contribution in [0.15, 0.2) is 34.8 Å². The van der Waals surface area contributed by atoms with Crippen LogP contribution >= 0.6 is 39.1 Å². The lowest BCUT2D eigenvalue weighted by Gasteiger charge is -2.22. The van der Waals surface area contributed by atoms with Crippen molar-refractivity contribution in [1.82, 2.24) is 5.32 Å². The molecular weight excluding hydrogens is 467 g/mol. The Hall–Kier alpha value is -1.63. The van der Waals surface area contributed by atoms with Gasteiger partial charge in [0.2, 0.25) is 0 Å². The first-order chi connectivity index (χ1) is 13.1. The van der Waals surface area contributed by atoms with E-state index in [4.69, 9.17) is 32.7 Å². The maximum Gasteiger partial charge on any atom is 0.258 e. The highest BCUT2D eigenvalue weighted by Crippen LogP contribution is 2.37. The predicted octanol–water partition coefficient (Wildman–Crippen LogP) is 5.67. The average Bonchev–Trinajstić information content (AvgIpc) is 2.56. The van der Waals surface area contributed by atoms with E-state index in [-0.39, 0.29) is 18.1 Å². The summed E-state index contributed by atoms with van der Waals surface area (Å²) in [6, 6.07) is 8.86. The third-order valence-corrected chi connectivity index (χ3v) is 4.76. The number of carbonyl (C=O) groups is 1. The van der Waals surface area contributed by atoms with Crippen molar-refractivity contribution >= 4 is 50.7 Å². The quantitative estimate of drug-likeness (QED) is 0.526. The van der Waals surface area contributed by atoms with Gasteiger partial charge in [0.1, 0.15) is 0 Å². The zero-order valence-corrected chi connectivity index (χ0v) is 19.3. The van der Waals surface area contributed by atoms with Crippen LogP contribution in [0.5, 0.6) is 11.5 Å². The van der Waals surface area contributed by atoms with E-state index in [0.29, 0.717) is 28.1 Å². The number of anilines is 1. The fourth-order valence-electron chi connectivity index (χ4n) is 2.50. The van der Waals surface area contributed by atoms with Crippen LogP contribution in [0, 0.1) is 0 Å². The largest absolute Gasteiger partial charge is 0.493 e. The minimum Gasteiger partial charge on any atom is -0.493 e. The molecule has 0 heterocycles. The molecule has 0 saturated carbocycles. The summed E-state index contributed by atoms with van der Waals surface area (Å²) in [5.41, 5.74) is 1.24. The van der Waals surface area contributed by atoms with Gasteiger partial charge >= 0.3 is 0 Å². The summed E-state index contributed by atoms with van der Waals surface area (Å²) < 4.78 is 12.1. The number of rotatable bonds is 7. The van der Waals surface area contributed by atoms with E-state index in [9.17, 15) is 4.79 Å². The van der Waals surface area contributed by atoms with Crippen molar-refractivity contribution in [3.05, 3.63) is 50.4 Å². The number of benzene rings is 2. The fourth-order valence-corrected chi connectivity index (χ4v) is 3.48. The minimum atomic E-state index is -0.335. The molecule has 28 heavy (non-hydrogen) atoms. The lowest BCUT2D eigenvalue weighted by molar-refractivity contribution is -0.124. The van der Waals surface area contributed by atoms with Crippen LogP contribution in [0.2, 0.25) is 10.0 Å². The molecule has 8 heteroatoms. The van der Waals surface area contributed by atoms with Gasteiger partial charge in [0.15, 0.2) is 18.1 Å². The lowest BCUT2D eigenvalue weighted by atomic mass is 10.1. The second-order valence-corrected chi connectivity index (χ2v) is 8.88. The molecule has 2 aromatic carbocycles. The molecule has 2 aromatic rings. The highest BCUT2D eigenvalue weighted by atomic mass is 79.9.